The SMILES string of the molecule is O=C(Nc1ccccc1)C1=C(O)C(Cc2ccc3c(c2)OCCO3)SC1=NCc1ccccc1. The van der Waals surface area contributed by atoms with Gasteiger partial charge >= 0.3 is 0 Å². The minimum absolute atomic E-state index is 0.0418. The van der Waals surface area contributed by atoms with E-state index >= 15 is 0 Å². The fourth-order valence-electron chi connectivity index (χ4n) is 3.88. The van der Waals surface area contributed by atoms with Crippen LogP contribution in [0.1, 0.15) is 11.1 Å². The highest BCUT2D eigenvalue weighted by Gasteiger charge is 2.36. The first kappa shape index (κ1) is 22.1. The molecule has 2 heterocycles. The molecule has 0 saturated carbocycles. The van der Waals surface area contributed by atoms with Gasteiger partial charge in [0.15, 0.2) is 11.5 Å². The third-order valence-corrected chi connectivity index (χ3v) is 6.79. The van der Waals surface area contributed by atoms with Crippen molar-refractivity contribution in [3.8, 4) is 11.5 Å². The number of ether oxygens (including phenoxy) is 2. The quantitative estimate of drug-likeness (QED) is 0.518. The van der Waals surface area contributed by atoms with Gasteiger partial charge in [0, 0.05) is 5.69 Å². The molecule has 1 amide bonds. The molecular formula is C27H24N2O4S. The minimum atomic E-state index is -0.368. The molecule has 0 aromatic heterocycles. The number of thioether (sulfide) groups is 1. The average Bonchev–Trinajstić information content (AvgIpc) is 3.18. The Balaban J connectivity index is 1.41. The molecule has 0 saturated heterocycles. The van der Waals surface area contributed by atoms with Crippen LogP contribution in [0, 0.1) is 0 Å². The number of hydrogen-bond acceptors (Lipinski definition) is 6. The van der Waals surface area contributed by atoms with Crippen LogP contribution in [0.25, 0.3) is 0 Å². The predicted octanol–water partition coefficient (Wildman–Crippen LogP) is 5.17. The van der Waals surface area contributed by atoms with Gasteiger partial charge in [-0.3, -0.25) is 9.79 Å². The maximum absolute atomic E-state index is 13.2. The molecule has 2 N–H and O–H groups in total. The Morgan fingerprint density at radius 3 is 2.41 bits per heavy atom. The Morgan fingerprint density at radius 2 is 1.65 bits per heavy atom. The molecule has 5 rings (SSSR count). The highest BCUT2D eigenvalue weighted by molar-refractivity contribution is 8.15. The standard InChI is InChI=1S/C27H24N2O4S/c30-25-23(16-19-11-12-21-22(15-19)33-14-13-32-21)34-27(28-17-18-7-3-1-4-8-18)24(25)26(31)29-20-9-5-2-6-10-20/h1-12,15,23,30H,13-14,16-17H2,(H,29,31). The zero-order valence-electron chi connectivity index (χ0n) is 18.4. The second kappa shape index (κ2) is 10.1. The Bertz CT molecular complexity index is 1240. The molecule has 2 aliphatic rings. The van der Waals surface area contributed by atoms with E-state index in [1.165, 1.54) is 11.8 Å². The highest BCUT2D eigenvalue weighted by Crippen LogP contribution is 2.38. The van der Waals surface area contributed by atoms with Crippen molar-refractivity contribution in [3.05, 3.63) is 101 Å². The van der Waals surface area contributed by atoms with Gasteiger partial charge in [-0.25, -0.2) is 0 Å². The summed E-state index contributed by atoms with van der Waals surface area (Å²) in [6.45, 7) is 1.48. The van der Waals surface area contributed by atoms with Crippen molar-refractivity contribution < 1.29 is 19.4 Å². The van der Waals surface area contributed by atoms with Gasteiger partial charge in [0.2, 0.25) is 0 Å². The molecule has 0 fully saturated rings. The first-order valence-electron chi connectivity index (χ1n) is 11.1. The number of fused-ring (bicyclic) bond motifs is 1. The lowest BCUT2D eigenvalue weighted by Gasteiger charge is -2.19. The number of rotatable bonds is 6. The van der Waals surface area contributed by atoms with E-state index in [-0.39, 0.29) is 22.5 Å². The molecule has 0 bridgehead atoms. The van der Waals surface area contributed by atoms with Gasteiger partial charge < -0.3 is 19.9 Å². The van der Waals surface area contributed by atoms with Crippen LogP contribution in [0.5, 0.6) is 11.5 Å². The van der Waals surface area contributed by atoms with E-state index in [2.05, 4.69) is 5.32 Å². The van der Waals surface area contributed by atoms with E-state index < -0.39 is 0 Å². The summed E-state index contributed by atoms with van der Waals surface area (Å²) in [4.78, 5) is 17.9. The summed E-state index contributed by atoms with van der Waals surface area (Å²) >= 11 is 1.41. The van der Waals surface area contributed by atoms with Crippen LogP contribution in [-0.4, -0.2) is 34.5 Å². The van der Waals surface area contributed by atoms with E-state index in [9.17, 15) is 9.90 Å². The zero-order valence-corrected chi connectivity index (χ0v) is 19.3. The molecule has 0 spiro atoms. The number of nitrogens with one attached hydrogen (secondary N) is 1. The predicted molar refractivity (Wildman–Crippen MR) is 135 cm³/mol. The van der Waals surface area contributed by atoms with Crippen molar-refractivity contribution >= 4 is 28.4 Å². The van der Waals surface area contributed by atoms with Gasteiger partial charge in [-0.15, -0.1) is 0 Å². The lowest BCUT2D eigenvalue weighted by Crippen LogP contribution is -2.19. The molecule has 1 atom stereocenters. The Hall–Kier alpha value is -3.71. The molecule has 3 aromatic carbocycles. The second-order valence-electron chi connectivity index (χ2n) is 7.98. The molecule has 3 aromatic rings. The molecule has 172 valence electrons. The van der Waals surface area contributed by atoms with Gasteiger partial charge in [0.25, 0.3) is 5.91 Å². The van der Waals surface area contributed by atoms with Crippen molar-refractivity contribution in [3.63, 3.8) is 0 Å². The molecule has 1 unspecified atom stereocenters. The lowest BCUT2D eigenvalue weighted by molar-refractivity contribution is -0.112. The van der Waals surface area contributed by atoms with E-state index in [0.29, 0.717) is 42.7 Å². The maximum Gasteiger partial charge on any atom is 0.261 e. The number of hydrogen-bond donors (Lipinski definition) is 2. The van der Waals surface area contributed by atoms with Gasteiger partial charge in [-0.1, -0.05) is 66.4 Å². The van der Waals surface area contributed by atoms with Gasteiger partial charge in [-0.05, 0) is 41.8 Å². The topological polar surface area (TPSA) is 80.2 Å². The Kier molecular flexibility index (Phi) is 6.53. The van der Waals surface area contributed by atoms with E-state index in [0.717, 1.165) is 16.9 Å². The molecule has 7 heteroatoms. The smallest absolute Gasteiger partial charge is 0.261 e. The van der Waals surface area contributed by atoms with E-state index in [1.807, 2.05) is 78.9 Å². The number of aliphatic hydroxyl groups is 1. The summed E-state index contributed by atoms with van der Waals surface area (Å²) in [5.41, 5.74) is 2.91. The van der Waals surface area contributed by atoms with E-state index in [1.54, 1.807) is 0 Å². The summed E-state index contributed by atoms with van der Waals surface area (Å²) < 4.78 is 11.3. The van der Waals surface area contributed by atoms with Crippen LogP contribution in [0.4, 0.5) is 5.69 Å². The first-order chi connectivity index (χ1) is 16.7. The number of para-hydroxylation sites is 1. The maximum atomic E-state index is 13.2. The number of carbonyl (C=O) groups excluding carboxylic acids is 1. The first-order valence-corrected chi connectivity index (χ1v) is 12.0. The molecule has 0 aliphatic carbocycles. The van der Waals surface area contributed by atoms with Crippen LogP contribution < -0.4 is 14.8 Å². The lowest BCUT2D eigenvalue weighted by atomic mass is 10.1. The fraction of sp³-hybridized carbons (Fsp3) is 0.185. The van der Waals surface area contributed by atoms with Gasteiger partial charge in [-0.2, -0.15) is 0 Å². The van der Waals surface area contributed by atoms with Crippen LogP contribution in [0.2, 0.25) is 0 Å². The number of aliphatic hydroxyl groups excluding tert-OH is 1. The van der Waals surface area contributed by atoms with Crippen molar-refractivity contribution in [2.24, 2.45) is 4.99 Å². The Morgan fingerprint density at radius 1 is 0.941 bits per heavy atom. The summed E-state index contributed by atoms with van der Waals surface area (Å²) in [6.07, 6.45) is 0.527. The largest absolute Gasteiger partial charge is 0.510 e. The van der Waals surface area contributed by atoms with Crippen molar-refractivity contribution in [1.29, 1.82) is 0 Å². The molecule has 0 radical (unpaired) electrons. The normalized spacial score (nSPS) is 18.2. The number of amides is 1. The van der Waals surface area contributed by atoms with E-state index in [4.69, 9.17) is 14.5 Å². The van der Waals surface area contributed by atoms with Crippen molar-refractivity contribution in [2.75, 3.05) is 18.5 Å². The van der Waals surface area contributed by atoms with Crippen LogP contribution in [0.15, 0.2) is 95.2 Å². The third kappa shape index (κ3) is 4.94. The summed E-state index contributed by atoms with van der Waals surface area (Å²) in [6, 6.07) is 24.8. The Labute approximate surface area is 202 Å². The van der Waals surface area contributed by atoms with Crippen molar-refractivity contribution in [2.45, 2.75) is 18.2 Å². The second-order valence-corrected chi connectivity index (χ2v) is 9.17. The summed E-state index contributed by atoms with van der Waals surface area (Å²) in [5, 5.41) is 14.2. The summed E-state index contributed by atoms with van der Waals surface area (Å²) in [5.74, 6) is 1.10. The average molecular weight is 473 g/mol. The number of aliphatic imine (C=N–C) groups is 1. The molecular weight excluding hydrogens is 448 g/mol. The number of benzene rings is 3. The minimum Gasteiger partial charge on any atom is -0.510 e. The third-order valence-electron chi connectivity index (χ3n) is 5.56. The van der Waals surface area contributed by atoms with Gasteiger partial charge in [0.05, 0.1) is 11.8 Å². The number of nitrogens with zero attached hydrogens (tertiary/aromatic N) is 1. The monoisotopic (exact) mass is 472 g/mol. The van der Waals surface area contributed by atoms with Gasteiger partial charge in [0.1, 0.15) is 29.6 Å². The number of anilines is 1. The highest BCUT2D eigenvalue weighted by atomic mass is 32.2. The van der Waals surface area contributed by atoms with Crippen LogP contribution >= 0.6 is 11.8 Å². The zero-order chi connectivity index (χ0) is 23.3. The van der Waals surface area contributed by atoms with Crippen molar-refractivity contribution in [1.82, 2.24) is 0 Å². The number of carbonyl (C=O) groups is 1. The molecule has 6 nitrogen and oxygen atoms in total. The fourth-order valence-corrected chi connectivity index (χ4v) is 5.11. The summed E-state index contributed by atoms with van der Waals surface area (Å²) in [7, 11) is 0. The van der Waals surface area contributed by atoms with Crippen LogP contribution in [0.3, 0.4) is 0 Å². The molecule has 34 heavy (non-hydrogen) atoms. The molecule has 2 aliphatic heterocycles. The van der Waals surface area contributed by atoms with Crippen LogP contribution in [-0.2, 0) is 17.8 Å².